The van der Waals surface area contributed by atoms with Gasteiger partial charge in [0, 0.05) is 25.7 Å². The van der Waals surface area contributed by atoms with E-state index in [4.69, 9.17) is 0 Å². The normalized spacial score (nSPS) is 9.29. The van der Waals surface area contributed by atoms with Crippen molar-refractivity contribution in [3.05, 3.63) is 23.9 Å². The van der Waals surface area contributed by atoms with E-state index in [1.54, 1.807) is 12.3 Å². The number of aliphatic imine (C=N–C) groups is 1. The fourth-order valence-electron chi connectivity index (χ4n) is 1.53. The highest BCUT2D eigenvalue weighted by molar-refractivity contribution is 14.0. The Hall–Kier alpha value is -1.38. The van der Waals surface area contributed by atoms with Crippen molar-refractivity contribution >= 4 is 41.7 Å². The molecule has 0 radical (unpaired) electrons. The van der Waals surface area contributed by atoms with E-state index in [9.17, 15) is 4.79 Å². The van der Waals surface area contributed by atoms with Crippen molar-refractivity contribution in [3.8, 4) is 0 Å². The molecule has 0 aliphatic heterocycles. The minimum Gasteiger partial charge on any atom is -0.357 e. The topological polar surface area (TPSA) is 78.4 Å². The molecular weight excluding hydrogens is 381 g/mol. The second-order valence-corrected chi connectivity index (χ2v) is 4.31. The zero-order valence-electron chi connectivity index (χ0n) is 12.8. The van der Waals surface area contributed by atoms with Crippen LogP contribution in [0.4, 0.5) is 5.82 Å². The van der Waals surface area contributed by atoms with Crippen LogP contribution in [-0.4, -0.2) is 36.5 Å². The highest BCUT2D eigenvalue weighted by Crippen LogP contribution is 2.04. The maximum atomic E-state index is 11.7. The number of hydrogen-bond donors (Lipinski definition) is 3. The number of nitrogens with one attached hydrogen (secondary N) is 3. The predicted octanol–water partition coefficient (Wildman–Crippen LogP) is 1.91. The summed E-state index contributed by atoms with van der Waals surface area (Å²) in [7, 11) is 0. The number of aryl methyl sites for hydroxylation is 1. The van der Waals surface area contributed by atoms with Crippen LogP contribution in [0.1, 0.15) is 25.8 Å². The number of rotatable bonds is 6. The third-order valence-electron chi connectivity index (χ3n) is 2.48. The summed E-state index contributed by atoms with van der Waals surface area (Å²) in [6, 6.07) is 3.70. The van der Waals surface area contributed by atoms with Gasteiger partial charge >= 0.3 is 0 Å². The lowest BCUT2D eigenvalue weighted by atomic mass is 10.3. The van der Waals surface area contributed by atoms with Crippen LogP contribution in [0.2, 0.25) is 0 Å². The van der Waals surface area contributed by atoms with Gasteiger partial charge in [-0.3, -0.25) is 9.79 Å². The van der Waals surface area contributed by atoms with Crippen LogP contribution >= 0.6 is 24.0 Å². The van der Waals surface area contributed by atoms with Crippen LogP contribution in [0, 0.1) is 6.92 Å². The number of pyridine rings is 1. The van der Waals surface area contributed by atoms with Crippen LogP contribution in [-0.2, 0) is 4.79 Å². The van der Waals surface area contributed by atoms with Crippen LogP contribution in [0.5, 0.6) is 0 Å². The fourth-order valence-corrected chi connectivity index (χ4v) is 1.53. The molecule has 0 saturated heterocycles. The summed E-state index contributed by atoms with van der Waals surface area (Å²) in [5.74, 6) is 1.22. The molecule has 0 spiro atoms. The van der Waals surface area contributed by atoms with Gasteiger partial charge in [-0.1, -0.05) is 6.07 Å². The Kier molecular flexibility index (Phi) is 10.6. The number of carbonyl (C=O) groups excluding carboxylic acids is 1. The van der Waals surface area contributed by atoms with Crippen LogP contribution in [0.25, 0.3) is 0 Å². The molecule has 21 heavy (non-hydrogen) atoms. The summed E-state index contributed by atoms with van der Waals surface area (Å²) in [6.07, 6.45) is 2.05. The lowest BCUT2D eigenvalue weighted by Gasteiger charge is -2.09. The molecule has 0 aromatic carbocycles. The Morgan fingerprint density at radius 2 is 1.90 bits per heavy atom. The molecule has 118 valence electrons. The maximum Gasteiger partial charge on any atom is 0.227 e. The summed E-state index contributed by atoms with van der Waals surface area (Å²) in [6.45, 7) is 7.99. The van der Waals surface area contributed by atoms with Crippen molar-refractivity contribution in [2.45, 2.75) is 27.2 Å². The third-order valence-corrected chi connectivity index (χ3v) is 2.48. The molecule has 0 aliphatic carbocycles. The van der Waals surface area contributed by atoms with Gasteiger partial charge in [0.2, 0.25) is 5.91 Å². The Labute approximate surface area is 143 Å². The summed E-state index contributed by atoms with van der Waals surface area (Å²) in [5, 5.41) is 8.96. The van der Waals surface area contributed by atoms with Crippen LogP contribution in [0.3, 0.4) is 0 Å². The molecule has 1 heterocycles. The molecule has 0 unspecified atom stereocenters. The van der Waals surface area contributed by atoms with E-state index < -0.39 is 0 Å². The minimum absolute atomic E-state index is 0. The molecule has 0 atom stereocenters. The van der Waals surface area contributed by atoms with E-state index in [1.807, 2.05) is 26.8 Å². The number of guanidine groups is 1. The highest BCUT2D eigenvalue weighted by Gasteiger charge is 2.03. The number of nitrogens with zero attached hydrogens (tertiary/aromatic N) is 2. The van der Waals surface area contributed by atoms with E-state index in [-0.39, 0.29) is 29.9 Å². The molecule has 0 saturated carbocycles. The van der Waals surface area contributed by atoms with Gasteiger partial charge in [0.05, 0.1) is 6.54 Å². The van der Waals surface area contributed by atoms with E-state index in [2.05, 4.69) is 25.9 Å². The first-order chi connectivity index (χ1) is 9.65. The molecular formula is C14H24IN5O. The largest absolute Gasteiger partial charge is 0.357 e. The van der Waals surface area contributed by atoms with Crippen LogP contribution in [0.15, 0.2) is 23.3 Å². The number of carbonyl (C=O) groups is 1. The minimum atomic E-state index is -0.0857. The average molecular weight is 405 g/mol. The van der Waals surface area contributed by atoms with Gasteiger partial charge in [0.1, 0.15) is 5.82 Å². The molecule has 0 fully saturated rings. The summed E-state index contributed by atoms with van der Waals surface area (Å²) in [4.78, 5) is 20.2. The van der Waals surface area contributed by atoms with Gasteiger partial charge in [0.25, 0.3) is 0 Å². The van der Waals surface area contributed by atoms with Crippen molar-refractivity contribution in [1.82, 2.24) is 15.6 Å². The van der Waals surface area contributed by atoms with Crippen molar-refractivity contribution < 1.29 is 4.79 Å². The monoisotopic (exact) mass is 405 g/mol. The van der Waals surface area contributed by atoms with Crippen molar-refractivity contribution in [2.75, 3.05) is 25.0 Å². The Balaban J connectivity index is 0.00000400. The molecule has 1 aromatic rings. The van der Waals surface area contributed by atoms with Gasteiger partial charge in [-0.05, 0) is 32.4 Å². The molecule has 0 bridgehead atoms. The van der Waals surface area contributed by atoms with Crippen molar-refractivity contribution in [1.29, 1.82) is 0 Å². The van der Waals surface area contributed by atoms with Crippen LogP contribution < -0.4 is 16.0 Å². The molecule has 1 aromatic heterocycles. The SMILES string of the molecule is CCNC(=NCCC(=O)Nc1ccc(C)cn1)NCC.I. The van der Waals surface area contributed by atoms with E-state index >= 15 is 0 Å². The van der Waals surface area contributed by atoms with E-state index in [0.717, 1.165) is 24.6 Å². The summed E-state index contributed by atoms with van der Waals surface area (Å²) in [5.41, 5.74) is 1.06. The zero-order chi connectivity index (χ0) is 14.8. The Morgan fingerprint density at radius 3 is 2.43 bits per heavy atom. The van der Waals surface area contributed by atoms with E-state index in [0.29, 0.717) is 18.8 Å². The third kappa shape index (κ3) is 8.49. The second-order valence-electron chi connectivity index (χ2n) is 4.31. The van der Waals surface area contributed by atoms with Crippen molar-refractivity contribution in [2.24, 2.45) is 4.99 Å². The first-order valence-corrected chi connectivity index (χ1v) is 6.90. The molecule has 1 rings (SSSR count). The van der Waals surface area contributed by atoms with Gasteiger partial charge in [0.15, 0.2) is 5.96 Å². The molecule has 3 N–H and O–H groups in total. The van der Waals surface area contributed by atoms with Gasteiger partial charge in [-0.15, -0.1) is 24.0 Å². The molecule has 1 amide bonds. The van der Waals surface area contributed by atoms with Gasteiger partial charge in [-0.25, -0.2) is 4.98 Å². The lowest BCUT2D eigenvalue weighted by molar-refractivity contribution is -0.116. The van der Waals surface area contributed by atoms with E-state index in [1.165, 1.54) is 0 Å². The predicted molar refractivity (Wildman–Crippen MR) is 97.3 cm³/mol. The zero-order valence-corrected chi connectivity index (χ0v) is 15.1. The van der Waals surface area contributed by atoms with Gasteiger partial charge < -0.3 is 16.0 Å². The first-order valence-electron chi connectivity index (χ1n) is 6.90. The van der Waals surface area contributed by atoms with Gasteiger partial charge in [-0.2, -0.15) is 0 Å². The first kappa shape index (κ1) is 19.6. The maximum absolute atomic E-state index is 11.7. The molecule has 0 aliphatic rings. The smallest absolute Gasteiger partial charge is 0.227 e. The summed E-state index contributed by atoms with van der Waals surface area (Å²) < 4.78 is 0. The molecule has 6 nitrogen and oxygen atoms in total. The fraction of sp³-hybridized carbons (Fsp3) is 0.500. The highest BCUT2D eigenvalue weighted by atomic mass is 127. The number of hydrogen-bond acceptors (Lipinski definition) is 3. The average Bonchev–Trinajstić information content (AvgIpc) is 2.42. The number of aromatic nitrogens is 1. The van der Waals surface area contributed by atoms with Crippen molar-refractivity contribution in [3.63, 3.8) is 0 Å². The Bertz CT molecular complexity index is 439. The quantitative estimate of drug-likeness (QED) is 0.384. The number of halogens is 1. The number of anilines is 1. The number of amides is 1. The standard InChI is InChI=1S/C14H23N5O.HI/c1-4-15-14(16-5-2)17-9-8-13(20)19-12-7-6-11(3)10-18-12;/h6-7,10H,4-5,8-9H2,1-3H3,(H2,15,16,17)(H,18,19,20);1H. The molecule has 7 heteroatoms. The summed E-state index contributed by atoms with van der Waals surface area (Å²) >= 11 is 0. The lowest BCUT2D eigenvalue weighted by Crippen LogP contribution is -2.37. The Morgan fingerprint density at radius 1 is 1.24 bits per heavy atom. The second kappa shape index (κ2) is 11.3.